The molecule has 0 unspecified atom stereocenters. The number of aromatic nitrogens is 1. The van der Waals surface area contributed by atoms with Gasteiger partial charge in [0.25, 0.3) is 0 Å². The van der Waals surface area contributed by atoms with E-state index in [9.17, 15) is 13.2 Å². The van der Waals surface area contributed by atoms with Crippen LogP contribution >= 0.6 is 35.6 Å². The van der Waals surface area contributed by atoms with Crippen molar-refractivity contribution in [3.8, 4) is 5.88 Å². The van der Waals surface area contributed by atoms with Crippen LogP contribution in [0, 0.1) is 0 Å². The van der Waals surface area contributed by atoms with E-state index in [2.05, 4.69) is 15.3 Å². The third-order valence-electron chi connectivity index (χ3n) is 2.25. The summed E-state index contributed by atoms with van der Waals surface area (Å²) >= 11 is 5.70. The Bertz CT molecular complexity index is 547. The Kier molecular flexibility index (Phi) is 8.39. The molecule has 0 aliphatic heterocycles. The molecule has 1 rings (SSSR count). The van der Waals surface area contributed by atoms with Gasteiger partial charge in [0.2, 0.25) is 5.88 Å². The number of aliphatic imine (C=N–C) groups is 1. The van der Waals surface area contributed by atoms with E-state index in [1.807, 2.05) is 20.8 Å². The van der Waals surface area contributed by atoms with Crippen LogP contribution in [0.3, 0.4) is 0 Å². The second-order valence-electron chi connectivity index (χ2n) is 5.50. The zero-order chi connectivity index (χ0) is 17.0. The summed E-state index contributed by atoms with van der Waals surface area (Å²) in [6, 6.07) is 0.767. The van der Waals surface area contributed by atoms with E-state index in [0.717, 1.165) is 6.07 Å². The molecule has 0 aliphatic rings. The molecule has 0 atom stereocenters. The number of guanidine groups is 1. The summed E-state index contributed by atoms with van der Waals surface area (Å²) in [6.45, 7) is 6.09. The lowest BCUT2D eigenvalue weighted by atomic mass is 10.1. The van der Waals surface area contributed by atoms with Crippen molar-refractivity contribution in [3.63, 3.8) is 0 Å². The minimum absolute atomic E-state index is 0. The van der Waals surface area contributed by atoms with E-state index >= 15 is 0 Å². The molecule has 0 fully saturated rings. The van der Waals surface area contributed by atoms with Crippen molar-refractivity contribution < 1.29 is 17.9 Å². The average Bonchev–Trinajstić information content (AvgIpc) is 2.32. The lowest BCUT2D eigenvalue weighted by molar-refractivity contribution is -0.137. The fourth-order valence-corrected chi connectivity index (χ4v) is 1.64. The van der Waals surface area contributed by atoms with Crippen LogP contribution in [-0.4, -0.2) is 29.6 Å². The highest BCUT2D eigenvalue weighted by Crippen LogP contribution is 2.32. The number of rotatable bonds is 4. The Balaban J connectivity index is 0.00000484. The van der Waals surface area contributed by atoms with Crippen LogP contribution in [0.15, 0.2) is 17.3 Å². The van der Waals surface area contributed by atoms with E-state index < -0.39 is 11.7 Å². The summed E-state index contributed by atoms with van der Waals surface area (Å²) in [5, 5.41) is 2.75. The third kappa shape index (κ3) is 8.45. The monoisotopic (exact) mass is 466 g/mol. The van der Waals surface area contributed by atoms with Gasteiger partial charge in [-0.05, 0) is 26.8 Å². The normalized spacial score (nSPS) is 12.6. The Morgan fingerprint density at radius 3 is 2.48 bits per heavy atom. The predicted octanol–water partition coefficient (Wildman–Crippen LogP) is 3.45. The molecule has 1 heterocycles. The third-order valence-corrected chi connectivity index (χ3v) is 2.52. The molecule has 0 saturated carbocycles. The van der Waals surface area contributed by atoms with E-state index in [1.165, 1.54) is 0 Å². The minimum atomic E-state index is -4.49. The highest BCUT2D eigenvalue weighted by atomic mass is 127. The first-order chi connectivity index (χ1) is 9.99. The van der Waals surface area contributed by atoms with Gasteiger partial charge in [-0.1, -0.05) is 11.6 Å². The molecular formula is C13H19ClF3IN4O. The standard InChI is InChI=1S/C13H18ClF3N4O.HI/c1-12(2,3)21-11(18)19-4-5-22-10-9(14)6-8(7-20-10)13(15,16)17;/h6-7H,4-5H2,1-3H3,(H3,18,19,21);1H. The van der Waals surface area contributed by atoms with Crippen molar-refractivity contribution in [1.82, 2.24) is 10.3 Å². The van der Waals surface area contributed by atoms with Gasteiger partial charge in [-0.2, -0.15) is 13.2 Å². The summed E-state index contributed by atoms with van der Waals surface area (Å²) in [6.07, 6.45) is -3.83. The Morgan fingerprint density at radius 1 is 1.39 bits per heavy atom. The molecule has 23 heavy (non-hydrogen) atoms. The maximum absolute atomic E-state index is 12.5. The van der Waals surface area contributed by atoms with E-state index in [0.29, 0.717) is 6.20 Å². The largest absolute Gasteiger partial charge is 0.475 e. The number of halogens is 5. The fourth-order valence-electron chi connectivity index (χ4n) is 1.42. The molecule has 0 radical (unpaired) electrons. The number of hydrogen-bond donors (Lipinski definition) is 2. The van der Waals surface area contributed by atoms with E-state index in [1.54, 1.807) is 0 Å². The van der Waals surface area contributed by atoms with Crippen LogP contribution in [0.4, 0.5) is 13.2 Å². The first kappa shape index (κ1) is 22.0. The highest BCUT2D eigenvalue weighted by Gasteiger charge is 2.31. The van der Waals surface area contributed by atoms with Crippen molar-refractivity contribution in [3.05, 3.63) is 22.8 Å². The Morgan fingerprint density at radius 2 is 2.00 bits per heavy atom. The SMILES string of the molecule is CC(C)(C)NC(N)=NCCOc1ncc(C(F)(F)F)cc1Cl.I. The fraction of sp³-hybridized carbons (Fsp3) is 0.538. The predicted molar refractivity (Wildman–Crippen MR) is 94.5 cm³/mol. The molecule has 1 aromatic heterocycles. The molecule has 5 nitrogen and oxygen atoms in total. The molecule has 10 heteroatoms. The van der Waals surface area contributed by atoms with Crippen LogP contribution < -0.4 is 15.8 Å². The number of ether oxygens (including phenoxy) is 1. The van der Waals surface area contributed by atoms with Gasteiger partial charge in [-0.15, -0.1) is 24.0 Å². The molecule has 3 N–H and O–H groups in total. The lowest BCUT2D eigenvalue weighted by Crippen LogP contribution is -2.45. The highest BCUT2D eigenvalue weighted by molar-refractivity contribution is 14.0. The maximum atomic E-state index is 12.5. The molecule has 0 spiro atoms. The van der Waals surface area contributed by atoms with Crippen molar-refractivity contribution in [2.24, 2.45) is 10.7 Å². The lowest BCUT2D eigenvalue weighted by Gasteiger charge is -2.20. The van der Waals surface area contributed by atoms with Crippen molar-refractivity contribution in [1.29, 1.82) is 0 Å². The summed E-state index contributed by atoms with van der Waals surface area (Å²) in [4.78, 5) is 7.57. The maximum Gasteiger partial charge on any atom is 0.417 e. The van der Waals surface area contributed by atoms with Crippen LogP contribution in [0.1, 0.15) is 26.3 Å². The van der Waals surface area contributed by atoms with Gasteiger partial charge in [-0.3, -0.25) is 0 Å². The minimum Gasteiger partial charge on any atom is -0.475 e. The Labute approximate surface area is 154 Å². The van der Waals surface area contributed by atoms with Gasteiger partial charge in [0.05, 0.1) is 12.1 Å². The number of alkyl halides is 3. The number of pyridine rings is 1. The van der Waals surface area contributed by atoms with Crippen LogP contribution in [0.5, 0.6) is 5.88 Å². The number of nitrogens with zero attached hydrogens (tertiary/aromatic N) is 2. The van der Waals surface area contributed by atoms with Crippen LogP contribution in [0.25, 0.3) is 0 Å². The van der Waals surface area contributed by atoms with Crippen molar-refractivity contribution in [2.75, 3.05) is 13.2 Å². The summed E-state index contributed by atoms with van der Waals surface area (Å²) in [7, 11) is 0. The average molecular weight is 467 g/mol. The summed E-state index contributed by atoms with van der Waals surface area (Å²) in [5.41, 5.74) is 4.51. The van der Waals surface area contributed by atoms with Gasteiger partial charge in [0.1, 0.15) is 11.6 Å². The van der Waals surface area contributed by atoms with Crippen molar-refractivity contribution in [2.45, 2.75) is 32.5 Å². The van der Waals surface area contributed by atoms with E-state index in [-0.39, 0.29) is 59.5 Å². The molecular weight excluding hydrogens is 448 g/mol. The number of nitrogens with one attached hydrogen (secondary N) is 1. The Hall–Kier alpha value is -0.970. The zero-order valence-electron chi connectivity index (χ0n) is 12.9. The smallest absolute Gasteiger partial charge is 0.417 e. The molecule has 0 aliphatic carbocycles. The first-order valence-corrected chi connectivity index (χ1v) is 6.80. The quantitative estimate of drug-likeness (QED) is 0.309. The first-order valence-electron chi connectivity index (χ1n) is 6.43. The number of hydrogen-bond acceptors (Lipinski definition) is 3. The van der Waals surface area contributed by atoms with Gasteiger partial charge in [0.15, 0.2) is 5.96 Å². The van der Waals surface area contributed by atoms with Crippen molar-refractivity contribution >= 4 is 41.5 Å². The topological polar surface area (TPSA) is 72.5 Å². The van der Waals surface area contributed by atoms with E-state index in [4.69, 9.17) is 22.1 Å². The summed E-state index contributed by atoms with van der Waals surface area (Å²) in [5.74, 6) is 0.176. The van der Waals surface area contributed by atoms with Gasteiger partial charge in [0, 0.05) is 11.7 Å². The molecule has 0 bridgehead atoms. The van der Waals surface area contributed by atoms with Gasteiger partial charge in [-0.25, -0.2) is 9.98 Å². The molecule has 0 aromatic carbocycles. The molecule has 0 saturated heterocycles. The van der Waals surface area contributed by atoms with Gasteiger partial charge >= 0.3 is 6.18 Å². The molecule has 132 valence electrons. The van der Waals surface area contributed by atoms with Crippen LogP contribution in [-0.2, 0) is 6.18 Å². The molecule has 1 aromatic rings. The second kappa shape index (κ2) is 8.76. The number of nitrogens with two attached hydrogens (primary N) is 1. The van der Waals surface area contributed by atoms with Gasteiger partial charge < -0.3 is 15.8 Å². The zero-order valence-corrected chi connectivity index (χ0v) is 16.0. The summed E-state index contributed by atoms with van der Waals surface area (Å²) < 4.78 is 42.5. The molecule has 0 amide bonds. The second-order valence-corrected chi connectivity index (χ2v) is 5.91. The van der Waals surface area contributed by atoms with Crippen LogP contribution in [0.2, 0.25) is 5.02 Å².